The molecule has 0 aliphatic carbocycles. The van der Waals surface area contributed by atoms with Gasteiger partial charge in [0.2, 0.25) is 5.91 Å². The van der Waals surface area contributed by atoms with E-state index in [-0.39, 0.29) is 5.91 Å². The Labute approximate surface area is 164 Å². The van der Waals surface area contributed by atoms with Crippen LogP contribution in [-0.4, -0.2) is 47.0 Å². The fraction of sp³-hybridized carbons (Fsp3) is 0.364. The molecule has 6 heteroatoms. The van der Waals surface area contributed by atoms with Gasteiger partial charge in [-0.25, -0.2) is 4.98 Å². The summed E-state index contributed by atoms with van der Waals surface area (Å²) in [6.45, 7) is 4.76. The molecule has 2 N–H and O–H groups in total. The van der Waals surface area contributed by atoms with Gasteiger partial charge < -0.3 is 15.0 Å². The number of para-hydroxylation sites is 2. The Morgan fingerprint density at radius 2 is 2.07 bits per heavy atom. The van der Waals surface area contributed by atoms with Crippen molar-refractivity contribution in [2.24, 2.45) is 0 Å². The van der Waals surface area contributed by atoms with Crippen molar-refractivity contribution >= 4 is 22.6 Å². The quantitative estimate of drug-likeness (QED) is 0.685. The predicted octanol–water partition coefficient (Wildman–Crippen LogP) is 3.78. The summed E-state index contributed by atoms with van der Waals surface area (Å²) in [5.41, 5.74) is 2.87. The van der Waals surface area contributed by atoms with E-state index in [9.17, 15) is 4.79 Å². The predicted molar refractivity (Wildman–Crippen MR) is 111 cm³/mol. The van der Waals surface area contributed by atoms with E-state index >= 15 is 0 Å². The van der Waals surface area contributed by atoms with Crippen LogP contribution in [0.1, 0.15) is 31.5 Å². The van der Waals surface area contributed by atoms with Gasteiger partial charge in [0, 0.05) is 18.2 Å². The number of anilines is 1. The SMILES string of the molecule is CCOc1ccc(NC(=O)CN2CCCC(c3nc4ccccc4[nH]3)C2)cc1. The Kier molecular flexibility index (Phi) is 5.58. The minimum atomic E-state index is 0.00872. The van der Waals surface area contributed by atoms with Crippen molar-refractivity contribution in [1.29, 1.82) is 0 Å². The van der Waals surface area contributed by atoms with Crippen molar-refractivity contribution in [1.82, 2.24) is 14.9 Å². The molecule has 1 saturated heterocycles. The van der Waals surface area contributed by atoms with Crippen LogP contribution in [0.3, 0.4) is 0 Å². The first-order valence-electron chi connectivity index (χ1n) is 9.91. The minimum absolute atomic E-state index is 0.00872. The van der Waals surface area contributed by atoms with Gasteiger partial charge in [0.15, 0.2) is 0 Å². The van der Waals surface area contributed by atoms with Crippen LogP contribution in [-0.2, 0) is 4.79 Å². The van der Waals surface area contributed by atoms with E-state index in [0.717, 1.165) is 54.2 Å². The first-order valence-corrected chi connectivity index (χ1v) is 9.91. The summed E-state index contributed by atoms with van der Waals surface area (Å²) in [5.74, 6) is 2.18. The molecule has 0 bridgehead atoms. The molecule has 1 atom stereocenters. The maximum Gasteiger partial charge on any atom is 0.238 e. The highest BCUT2D eigenvalue weighted by atomic mass is 16.5. The normalized spacial score (nSPS) is 17.5. The van der Waals surface area contributed by atoms with Crippen LogP contribution in [0.4, 0.5) is 5.69 Å². The topological polar surface area (TPSA) is 70.2 Å². The van der Waals surface area contributed by atoms with Gasteiger partial charge in [0.1, 0.15) is 11.6 Å². The van der Waals surface area contributed by atoms with E-state index in [1.54, 1.807) is 0 Å². The molecule has 0 radical (unpaired) electrons. The number of hydrogen-bond acceptors (Lipinski definition) is 4. The number of amides is 1. The molecule has 1 fully saturated rings. The first-order chi connectivity index (χ1) is 13.7. The van der Waals surface area contributed by atoms with Crippen LogP contribution in [0.2, 0.25) is 0 Å². The van der Waals surface area contributed by atoms with Gasteiger partial charge in [0.25, 0.3) is 0 Å². The lowest BCUT2D eigenvalue weighted by Crippen LogP contribution is -2.40. The van der Waals surface area contributed by atoms with Crippen molar-refractivity contribution in [3.05, 3.63) is 54.4 Å². The number of hydrogen-bond donors (Lipinski definition) is 2. The molecule has 0 saturated carbocycles. The molecule has 3 aromatic rings. The standard InChI is InChI=1S/C22H26N4O2/c1-2-28-18-11-9-17(10-12-18)23-21(27)15-26-13-5-6-16(14-26)22-24-19-7-3-4-8-20(19)25-22/h3-4,7-12,16H,2,5-6,13-15H2,1H3,(H,23,27)(H,24,25). The smallest absolute Gasteiger partial charge is 0.238 e. The summed E-state index contributed by atoms with van der Waals surface area (Å²) in [5, 5.41) is 2.98. The van der Waals surface area contributed by atoms with Gasteiger partial charge >= 0.3 is 0 Å². The number of carbonyl (C=O) groups is 1. The molecule has 28 heavy (non-hydrogen) atoms. The molecule has 1 aromatic heterocycles. The number of carbonyl (C=O) groups excluding carboxylic acids is 1. The number of aromatic amines is 1. The van der Waals surface area contributed by atoms with Gasteiger partial charge in [0.05, 0.1) is 24.2 Å². The lowest BCUT2D eigenvalue weighted by atomic mass is 9.97. The number of fused-ring (bicyclic) bond motifs is 1. The van der Waals surface area contributed by atoms with Crippen LogP contribution >= 0.6 is 0 Å². The summed E-state index contributed by atoms with van der Waals surface area (Å²) in [4.78, 5) is 22.9. The summed E-state index contributed by atoms with van der Waals surface area (Å²) in [7, 11) is 0. The highest BCUT2D eigenvalue weighted by molar-refractivity contribution is 5.92. The van der Waals surface area contributed by atoms with Gasteiger partial charge in [-0.05, 0) is 62.7 Å². The molecule has 2 heterocycles. The van der Waals surface area contributed by atoms with Crippen LogP contribution in [0.15, 0.2) is 48.5 Å². The second kappa shape index (κ2) is 8.44. The molecule has 1 aliphatic heterocycles. The van der Waals surface area contributed by atoms with E-state index in [0.29, 0.717) is 19.1 Å². The fourth-order valence-corrected chi connectivity index (χ4v) is 3.79. The number of nitrogens with zero attached hydrogens (tertiary/aromatic N) is 2. The molecule has 1 unspecified atom stereocenters. The monoisotopic (exact) mass is 378 g/mol. The lowest BCUT2D eigenvalue weighted by molar-refractivity contribution is -0.117. The largest absolute Gasteiger partial charge is 0.494 e. The molecular formula is C22H26N4O2. The maximum absolute atomic E-state index is 12.5. The lowest BCUT2D eigenvalue weighted by Gasteiger charge is -2.31. The number of rotatable bonds is 6. The van der Waals surface area contributed by atoms with E-state index in [1.165, 1.54) is 0 Å². The van der Waals surface area contributed by atoms with Crippen molar-refractivity contribution in [2.75, 3.05) is 31.6 Å². The number of nitrogens with one attached hydrogen (secondary N) is 2. The maximum atomic E-state index is 12.5. The third-order valence-corrected chi connectivity index (χ3v) is 5.12. The summed E-state index contributed by atoms with van der Waals surface area (Å²) in [6.07, 6.45) is 2.16. The molecule has 146 valence electrons. The van der Waals surface area contributed by atoms with Gasteiger partial charge in [-0.1, -0.05) is 12.1 Å². The zero-order valence-corrected chi connectivity index (χ0v) is 16.1. The number of ether oxygens (including phenoxy) is 1. The third kappa shape index (κ3) is 4.34. The number of piperidine rings is 1. The zero-order chi connectivity index (χ0) is 19.3. The molecule has 1 aliphatic rings. The summed E-state index contributed by atoms with van der Waals surface area (Å²) >= 11 is 0. The number of aromatic nitrogens is 2. The highest BCUT2D eigenvalue weighted by Crippen LogP contribution is 2.26. The van der Waals surface area contributed by atoms with Gasteiger partial charge in [-0.3, -0.25) is 9.69 Å². The Balaban J connectivity index is 1.34. The Hall–Kier alpha value is -2.86. The number of H-pyrrole nitrogens is 1. The number of imidazole rings is 1. The zero-order valence-electron chi connectivity index (χ0n) is 16.1. The minimum Gasteiger partial charge on any atom is -0.494 e. The van der Waals surface area contributed by atoms with Gasteiger partial charge in [-0.2, -0.15) is 0 Å². The van der Waals surface area contributed by atoms with E-state index in [4.69, 9.17) is 9.72 Å². The van der Waals surface area contributed by atoms with Crippen LogP contribution in [0.25, 0.3) is 11.0 Å². The Morgan fingerprint density at radius 3 is 2.86 bits per heavy atom. The van der Waals surface area contributed by atoms with Crippen LogP contribution in [0, 0.1) is 0 Å². The second-order valence-corrected chi connectivity index (χ2v) is 7.22. The van der Waals surface area contributed by atoms with Crippen molar-refractivity contribution in [3.8, 4) is 5.75 Å². The second-order valence-electron chi connectivity index (χ2n) is 7.22. The first kappa shape index (κ1) is 18.5. The van der Waals surface area contributed by atoms with Crippen molar-refractivity contribution < 1.29 is 9.53 Å². The molecule has 2 aromatic carbocycles. The summed E-state index contributed by atoms with van der Waals surface area (Å²) < 4.78 is 5.43. The molecule has 0 spiro atoms. The third-order valence-electron chi connectivity index (χ3n) is 5.12. The molecule has 6 nitrogen and oxygen atoms in total. The Morgan fingerprint density at radius 1 is 1.25 bits per heavy atom. The summed E-state index contributed by atoms with van der Waals surface area (Å²) in [6, 6.07) is 15.6. The van der Waals surface area contributed by atoms with E-state index in [2.05, 4.69) is 21.3 Å². The average Bonchev–Trinajstić information content (AvgIpc) is 3.14. The molecular weight excluding hydrogens is 352 g/mol. The van der Waals surface area contributed by atoms with Crippen molar-refractivity contribution in [3.63, 3.8) is 0 Å². The van der Waals surface area contributed by atoms with E-state index in [1.807, 2.05) is 49.4 Å². The van der Waals surface area contributed by atoms with E-state index < -0.39 is 0 Å². The number of likely N-dealkylation sites (tertiary alicyclic amines) is 1. The van der Waals surface area contributed by atoms with Crippen LogP contribution in [0.5, 0.6) is 5.75 Å². The average molecular weight is 378 g/mol. The van der Waals surface area contributed by atoms with Crippen molar-refractivity contribution in [2.45, 2.75) is 25.7 Å². The Bertz CT molecular complexity index is 902. The van der Waals surface area contributed by atoms with Gasteiger partial charge in [-0.15, -0.1) is 0 Å². The fourth-order valence-electron chi connectivity index (χ4n) is 3.79. The van der Waals surface area contributed by atoms with Crippen LogP contribution < -0.4 is 10.1 Å². The highest BCUT2D eigenvalue weighted by Gasteiger charge is 2.25. The molecule has 4 rings (SSSR count). The number of benzene rings is 2. The molecule has 1 amide bonds.